The number of allylic oxidation sites excluding steroid dienone is 14. The molecule has 0 bridgehead atoms. The summed E-state index contributed by atoms with van der Waals surface area (Å²) in [5.74, 6) is -0.824. The monoisotopic (exact) mass is 1070 g/mol. The van der Waals surface area contributed by atoms with Crippen LogP contribution in [0.1, 0.15) is 284 Å². The highest BCUT2D eigenvalue weighted by Gasteiger charge is 2.26. The summed E-state index contributed by atoms with van der Waals surface area (Å²) in [6.07, 6.45) is 79.3. The van der Waals surface area contributed by atoms with Gasteiger partial charge < -0.3 is 20.1 Å². The first-order valence-corrected chi connectivity index (χ1v) is 32.6. The molecule has 0 aromatic heterocycles. The summed E-state index contributed by atoms with van der Waals surface area (Å²) >= 11 is 0. The van der Waals surface area contributed by atoms with Crippen molar-refractivity contribution in [3.8, 4) is 0 Å². The van der Waals surface area contributed by atoms with Crippen molar-refractivity contribution in [2.75, 3.05) is 26.4 Å². The van der Waals surface area contributed by atoms with Gasteiger partial charge in [0.2, 0.25) is 0 Å². The van der Waals surface area contributed by atoms with Crippen LogP contribution >= 0.6 is 7.82 Å². The van der Waals surface area contributed by atoms with Crippen molar-refractivity contribution < 1.29 is 37.6 Å². The van der Waals surface area contributed by atoms with E-state index in [0.29, 0.717) is 6.42 Å². The van der Waals surface area contributed by atoms with Crippen molar-refractivity contribution >= 4 is 19.8 Å². The van der Waals surface area contributed by atoms with Crippen LogP contribution in [0.5, 0.6) is 0 Å². The fourth-order valence-electron chi connectivity index (χ4n) is 8.69. The zero-order chi connectivity index (χ0) is 54.5. The molecule has 0 saturated heterocycles. The number of nitrogens with two attached hydrogens (primary N) is 1. The number of ether oxygens (including phenoxy) is 2. The van der Waals surface area contributed by atoms with E-state index in [1.807, 2.05) is 0 Å². The van der Waals surface area contributed by atoms with Gasteiger partial charge in [0.1, 0.15) is 6.61 Å². The number of hydrogen-bond acceptors (Lipinski definition) is 8. The molecular formula is C65H116NO8P. The van der Waals surface area contributed by atoms with Gasteiger partial charge in [0, 0.05) is 19.4 Å². The van der Waals surface area contributed by atoms with Crippen molar-refractivity contribution in [1.29, 1.82) is 0 Å². The highest BCUT2D eigenvalue weighted by molar-refractivity contribution is 7.47. The fraction of sp³-hybridized carbons (Fsp3) is 0.754. The second-order valence-electron chi connectivity index (χ2n) is 20.5. The Morgan fingerprint density at radius 2 is 0.733 bits per heavy atom. The zero-order valence-corrected chi connectivity index (χ0v) is 49.4. The Kier molecular flexibility index (Phi) is 58.2. The second kappa shape index (κ2) is 60.4. The summed E-state index contributed by atoms with van der Waals surface area (Å²) in [4.78, 5) is 35.3. The molecule has 0 heterocycles. The number of carbonyl (C=O) groups excluding carboxylic acids is 2. The summed E-state index contributed by atoms with van der Waals surface area (Å²) in [6, 6.07) is 0. The maximum absolute atomic E-state index is 12.7. The van der Waals surface area contributed by atoms with Crippen LogP contribution in [0.2, 0.25) is 0 Å². The Bertz CT molecular complexity index is 1500. The van der Waals surface area contributed by atoms with E-state index in [1.165, 1.54) is 173 Å². The smallest absolute Gasteiger partial charge is 0.462 e. The molecule has 0 spiro atoms. The van der Waals surface area contributed by atoms with Gasteiger partial charge in [-0.25, -0.2) is 4.57 Å². The van der Waals surface area contributed by atoms with E-state index in [4.69, 9.17) is 24.3 Å². The third-order valence-corrected chi connectivity index (χ3v) is 14.2. The molecule has 75 heavy (non-hydrogen) atoms. The Morgan fingerprint density at radius 3 is 1.09 bits per heavy atom. The van der Waals surface area contributed by atoms with Gasteiger partial charge in [-0.1, -0.05) is 266 Å². The van der Waals surface area contributed by atoms with E-state index >= 15 is 0 Å². The first kappa shape index (κ1) is 72.2. The van der Waals surface area contributed by atoms with Crippen molar-refractivity contribution in [1.82, 2.24) is 0 Å². The maximum Gasteiger partial charge on any atom is 0.472 e. The standard InChI is InChI=1S/C65H116NO8P/c1-3-5-7-9-11-13-15-17-19-21-23-25-27-28-29-30-31-32-33-34-36-38-40-42-44-46-48-50-52-54-56-58-65(68)74-63(62-73-75(69,70)72-60-59-66)61-71-64(67)57-55-53-51-49-47-45-43-41-39-37-35-26-24-22-20-18-16-14-12-10-8-6-4-2/h5,7,11,13,16-19,22-25,28-29,63H,3-4,6,8-10,12,14-15,20-21,26-27,30-62,66H2,1-2H3,(H,69,70)/b7-5-,13-11-,18-16-,19-17-,24-22-,25-23-,29-28-. The van der Waals surface area contributed by atoms with Crippen molar-refractivity contribution in [2.24, 2.45) is 5.73 Å². The van der Waals surface area contributed by atoms with Gasteiger partial charge in [0.25, 0.3) is 0 Å². The van der Waals surface area contributed by atoms with Crippen LogP contribution in [0.3, 0.4) is 0 Å². The molecule has 0 aliphatic carbocycles. The number of phosphoric acid groups is 1. The highest BCUT2D eigenvalue weighted by atomic mass is 31.2. The lowest BCUT2D eigenvalue weighted by Crippen LogP contribution is -2.29. The van der Waals surface area contributed by atoms with E-state index in [0.717, 1.165) is 77.0 Å². The number of unbranched alkanes of at least 4 members (excludes halogenated alkanes) is 31. The molecule has 0 saturated carbocycles. The molecule has 9 nitrogen and oxygen atoms in total. The SMILES string of the molecule is CC/C=C\C/C=C\C/C=C\C/C=C\C/C=C\CCCCCCCCCCCCCCCCCC(=O)OC(COC(=O)CCCCCCCCCCCCC/C=C\C/C=C\CCCCCCC)COP(=O)(O)OCCN. The van der Waals surface area contributed by atoms with Crippen LogP contribution in [-0.2, 0) is 32.7 Å². The molecule has 0 aliphatic rings. The van der Waals surface area contributed by atoms with Crippen LogP contribution in [-0.4, -0.2) is 49.3 Å². The first-order chi connectivity index (χ1) is 36.8. The predicted octanol–water partition coefficient (Wildman–Crippen LogP) is 19.9. The average Bonchev–Trinajstić information content (AvgIpc) is 3.40. The normalized spacial score (nSPS) is 13.6. The van der Waals surface area contributed by atoms with E-state index in [9.17, 15) is 19.0 Å². The fourth-order valence-corrected chi connectivity index (χ4v) is 9.46. The minimum absolute atomic E-state index is 0.0511. The van der Waals surface area contributed by atoms with Crippen LogP contribution < -0.4 is 5.73 Å². The van der Waals surface area contributed by atoms with Gasteiger partial charge in [-0.3, -0.25) is 18.6 Å². The minimum Gasteiger partial charge on any atom is -0.462 e. The van der Waals surface area contributed by atoms with Crippen molar-refractivity contribution in [3.63, 3.8) is 0 Å². The van der Waals surface area contributed by atoms with Gasteiger partial charge in [0.15, 0.2) is 6.10 Å². The van der Waals surface area contributed by atoms with Crippen LogP contribution in [0.15, 0.2) is 85.1 Å². The molecule has 0 radical (unpaired) electrons. The molecule has 0 rings (SSSR count). The van der Waals surface area contributed by atoms with Gasteiger partial charge in [-0.2, -0.15) is 0 Å². The molecule has 0 fully saturated rings. The molecule has 0 aromatic rings. The van der Waals surface area contributed by atoms with E-state index < -0.39 is 26.5 Å². The molecule has 10 heteroatoms. The first-order valence-electron chi connectivity index (χ1n) is 31.1. The molecule has 0 aromatic carbocycles. The molecule has 3 N–H and O–H groups in total. The van der Waals surface area contributed by atoms with Gasteiger partial charge in [-0.05, 0) is 89.9 Å². The number of hydrogen-bond donors (Lipinski definition) is 2. The van der Waals surface area contributed by atoms with Gasteiger partial charge >= 0.3 is 19.8 Å². The topological polar surface area (TPSA) is 134 Å². The van der Waals surface area contributed by atoms with Crippen LogP contribution in [0.4, 0.5) is 0 Å². The van der Waals surface area contributed by atoms with Crippen LogP contribution in [0, 0.1) is 0 Å². The zero-order valence-electron chi connectivity index (χ0n) is 48.5. The predicted molar refractivity (Wildman–Crippen MR) is 321 cm³/mol. The summed E-state index contributed by atoms with van der Waals surface area (Å²) in [5.41, 5.74) is 5.39. The van der Waals surface area contributed by atoms with Crippen LogP contribution in [0.25, 0.3) is 0 Å². The Hall–Kier alpha value is -2.81. The lowest BCUT2D eigenvalue weighted by molar-refractivity contribution is -0.161. The number of carbonyl (C=O) groups is 2. The van der Waals surface area contributed by atoms with Gasteiger partial charge in [-0.15, -0.1) is 0 Å². The maximum atomic E-state index is 12.7. The average molecular weight is 1070 g/mol. The third kappa shape index (κ3) is 60.3. The highest BCUT2D eigenvalue weighted by Crippen LogP contribution is 2.43. The molecule has 2 unspecified atom stereocenters. The summed E-state index contributed by atoms with van der Waals surface area (Å²) < 4.78 is 33.1. The van der Waals surface area contributed by atoms with E-state index in [1.54, 1.807) is 0 Å². The molecule has 0 amide bonds. The summed E-state index contributed by atoms with van der Waals surface area (Å²) in [5, 5.41) is 0. The second-order valence-corrected chi connectivity index (χ2v) is 22.0. The number of esters is 2. The quantitative estimate of drug-likeness (QED) is 0.0264. The number of rotatable bonds is 58. The largest absolute Gasteiger partial charge is 0.472 e. The lowest BCUT2D eigenvalue weighted by Gasteiger charge is -2.19. The van der Waals surface area contributed by atoms with Gasteiger partial charge in [0.05, 0.1) is 13.2 Å². The molecular weight excluding hydrogens is 954 g/mol. The Balaban J connectivity index is 3.93. The minimum atomic E-state index is -4.39. The van der Waals surface area contributed by atoms with Crippen molar-refractivity contribution in [2.45, 2.75) is 290 Å². The van der Waals surface area contributed by atoms with Crippen molar-refractivity contribution in [3.05, 3.63) is 85.1 Å². The number of phosphoric ester groups is 1. The Labute approximate surface area is 462 Å². The molecule has 0 aliphatic heterocycles. The lowest BCUT2D eigenvalue weighted by atomic mass is 10.0. The Morgan fingerprint density at radius 1 is 0.413 bits per heavy atom. The van der Waals surface area contributed by atoms with E-state index in [2.05, 4.69) is 98.9 Å². The molecule has 2 atom stereocenters. The third-order valence-electron chi connectivity index (χ3n) is 13.3. The summed E-state index contributed by atoms with van der Waals surface area (Å²) in [7, 11) is -4.39. The van der Waals surface area contributed by atoms with E-state index in [-0.39, 0.29) is 38.6 Å². The summed E-state index contributed by atoms with van der Waals surface area (Å²) in [6.45, 7) is 3.65. The molecule has 434 valence electrons.